The summed E-state index contributed by atoms with van der Waals surface area (Å²) < 4.78 is 8.63. The average Bonchev–Trinajstić information content (AvgIpc) is 2.73. The highest BCUT2D eigenvalue weighted by Gasteiger charge is 2.10. The van der Waals surface area contributed by atoms with E-state index in [1.807, 2.05) is 26.1 Å². The SMILES string of the molecule is Cc1cc(Br)cc(CBr)c1OCc1ncnn1C. The van der Waals surface area contributed by atoms with Crippen LogP contribution in [0.5, 0.6) is 5.75 Å². The third-order valence-electron chi connectivity index (χ3n) is 2.61. The first-order valence-corrected chi connectivity index (χ1v) is 7.34. The lowest BCUT2D eigenvalue weighted by molar-refractivity contribution is 0.285. The molecule has 0 amide bonds. The molecule has 2 rings (SSSR count). The first-order chi connectivity index (χ1) is 8.61. The summed E-state index contributed by atoms with van der Waals surface area (Å²) in [7, 11) is 1.85. The van der Waals surface area contributed by atoms with E-state index in [0.29, 0.717) is 6.61 Å². The van der Waals surface area contributed by atoms with E-state index in [4.69, 9.17) is 4.74 Å². The van der Waals surface area contributed by atoms with Crippen LogP contribution < -0.4 is 4.74 Å². The summed E-state index contributed by atoms with van der Waals surface area (Å²) >= 11 is 6.96. The molecule has 1 aromatic heterocycles. The second-order valence-corrected chi connectivity index (χ2v) is 5.41. The molecular formula is C12H13Br2N3O. The van der Waals surface area contributed by atoms with Crippen molar-refractivity contribution in [2.24, 2.45) is 7.05 Å². The number of ether oxygens (including phenoxy) is 1. The third-order valence-corrected chi connectivity index (χ3v) is 3.67. The maximum absolute atomic E-state index is 5.86. The zero-order valence-electron chi connectivity index (χ0n) is 10.2. The highest BCUT2D eigenvalue weighted by atomic mass is 79.9. The summed E-state index contributed by atoms with van der Waals surface area (Å²) in [5, 5.41) is 4.77. The van der Waals surface area contributed by atoms with Crippen LogP contribution in [0.2, 0.25) is 0 Å². The molecule has 0 aliphatic heterocycles. The van der Waals surface area contributed by atoms with Gasteiger partial charge in [0.1, 0.15) is 18.7 Å². The average molecular weight is 375 g/mol. The van der Waals surface area contributed by atoms with E-state index in [0.717, 1.165) is 32.5 Å². The van der Waals surface area contributed by atoms with Crippen molar-refractivity contribution in [3.8, 4) is 5.75 Å². The fraction of sp³-hybridized carbons (Fsp3) is 0.333. The van der Waals surface area contributed by atoms with E-state index in [-0.39, 0.29) is 0 Å². The number of aromatic nitrogens is 3. The minimum Gasteiger partial charge on any atom is -0.485 e. The smallest absolute Gasteiger partial charge is 0.164 e. The maximum Gasteiger partial charge on any atom is 0.164 e. The molecule has 4 nitrogen and oxygen atoms in total. The zero-order chi connectivity index (χ0) is 13.1. The Balaban J connectivity index is 2.21. The lowest BCUT2D eigenvalue weighted by atomic mass is 10.1. The van der Waals surface area contributed by atoms with Gasteiger partial charge in [-0.25, -0.2) is 4.98 Å². The van der Waals surface area contributed by atoms with E-state index in [9.17, 15) is 0 Å². The molecule has 0 atom stereocenters. The summed E-state index contributed by atoms with van der Waals surface area (Å²) in [5.74, 6) is 1.70. The van der Waals surface area contributed by atoms with E-state index in [1.54, 1.807) is 4.68 Å². The Morgan fingerprint density at radius 1 is 1.39 bits per heavy atom. The Hall–Kier alpha value is -0.880. The summed E-state index contributed by atoms with van der Waals surface area (Å²) in [4.78, 5) is 4.14. The van der Waals surface area contributed by atoms with Crippen molar-refractivity contribution in [2.75, 3.05) is 0 Å². The molecule has 18 heavy (non-hydrogen) atoms. The summed E-state index contributed by atoms with van der Waals surface area (Å²) in [6, 6.07) is 4.09. The van der Waals surface area contributed by atoms with E-state index < -0.39 is 0 Å². The molecule has 1 aromatic carbocycles. The number of hydrogen-bond acceptors (Lipinski definition) is 3. The molecule has 0 aliphatic rings. The molecule has 1 heterocycles. The van der Waals surface area contributed by atoms with Gasteiger partial charge in [0, 0.05) is 22.4 Å². The van der Waals surface area contributed by atoms with Crippen LogP contribution in [0.4, 0.5) is 0 Å². The zero-order valence-corrected chi connectivity index (χ0v) is 13.3. The highest BCUT2D eigenvalue weighted by molar-refractivity contribution is 9.10. The minimum atomic E-state index is 0.416. The minimum absolute atomic E-state index is 0.416. The first-order valence-electron chi connectivity index (χ1n) is 5.42. The summed E-state index contributed by atoms with van der Waals surface area (Å²) in [6.45, 7) is 2.45. The van der Waals surface area contributed by atoms with Crippen molar-refractivity contribution in [3.63, 3.8) is 0 Å². The molecule has 96 valence electrons. The number of alkyl halides is 1. The molecule has 0 bridgehead atoms. The standard InChI is InChI=1S/C12H13Br2N3O/c1-8-3-10(14)4-9(5-13)12(8)18-6-11-15-7-16-17(11)2/h3-4,7H,5-6H2,1-2H3. The van der Waals surface area contributed by atoms with Crippen LogP contribution in [0.3, 0.4) is 0 Å². The lowest BCUT2D eigenvalue weighted by Crippen LogP contribution is -2.06. The molecule has 0 aliphatic carbocycles. The second-order valence-electron chi connectivity index (χ2n) is 3.93. The quantitative estimate of drug-likeness (QED) is 0.770. The third kappa shape index (κ3) is 2.92. The normalized spacial score (nSPS) is 10.7. The van der Waals surface area contributed by atoms with Crippen molar-refractivity contribution in [3.05, 3.63) is 39.9 Å². The van der Waals surface area contributed by atoms with E-state index in [1.165, 1.54) is 6.33 Å². The van der Waals surface area contributed by atoms with Gasteiger partial charge in [-0.3, -0.25) is 4.68 Å². The molecule has 0 fully saturated rings. The van der Waals surface area contributed by atoms with Crippen LogP contribution in [0.15, 0.2) is 22.9 Å². The largest absolute Gasteiger partial charge is 0.485 e. The maximum atomic E-state index is 5.86. The van der Waals surface area contributed by atoms with Crippen molar-refractivity contribution >= 4 is 31.9 Å². The van der Waals surface area contributed by atoms with Gasteiger partial charge in [-0.15, -0.1) is 0 Å². The van der Waals surface area contributed by atoms with Crippen molar-refractivity contribution < 1.29 is 4.74 Å². The van der Waals surface area contributed by atoms with Crippen LogP contribution in [-0.4, -0.2) is 14.8 Å². The number of aryl methyl sites for hydroxylation is 2. The topological polar surface area (TPSA) is 39.9 Å². The van der Waals surface area contributed by atoms with Crippen LogP contribution in [0.1, 0.15) is 17.0 Å². The predicted molar refractivity (Wildman–Crippen MR) is 76.8 cm³/mol. The van der Waals surface area contributed by atoms with Crippen LogP contribution >= 0.6 is 31.9 Å². The molecule has 2 aromatic rings. The van der Waals surface area contributed by atoms with Crippen LogP contribution in [0, 0.1) is 6.92 Å². The fourth-order valence-corrected chi connectivity index (χ4v) is 2.73. The Bertz CT molecular complexity index is 554. The number of benzene rings is 1. The molecule has 0 saturated carbocycles. The van der Waals surface area contributed by atoms with Gasteiger partial charge in [0.25, 0.3) is 0 Å². The Morgan fingerprint density at radius 2 is 2.17 bits per heavy atom. The predicted octanol–water partition coefficient (Wildman–Crippen LogP) is 3.36. The molecule has 6 heteroatoms. The first kappa shape index (κ1) is 13.5. The molecule has 0 spiro atoms. The Labute approximate surface area is 123 Å². The van der Waals surface area contributed by atoms with Gasteiger partial charge in [-0.2, -0.15) is 5.10 Å². The lowest BCUT2D eigenvalue weighted by Gasteiger charge is -2.13. The molecule has 0 radical (unpaired) electrons. The van der Waals surface area contributed by atoms with Crippen LogP contribution in [-0.2, 0) is 19.0 Å². The fourth-order valence-electron chi connectivity index (χ4n) is 1.69. The van der Waals surface area contributed by atoms with Gasteiger partial charge in [-0.1, -0.05) is 31.9 Å². The summed E-state index contributed by atoms with van der Waals surface area (Å²) in [5.41, 5.74) is 2.21. The second kappa shape index (κ2) is 5.84. The molecular weight excluding hydrogens is 362 g/mol. The van der Waals surface area contributed by atoms with Crippen LogP contribution in [0.25, 0.3) is 0 Å². The number of halogens is 2. The van der Waals surface area contributed by atoms with Gasteiger partial charge in [0.15, 0.2) is 5.82 Å². The monoisotopic (exact) mass is 373 g/mol. The van der Waals surface area contributed by atoms with E-state index in [2.05, 4.69) is 41.9 Å². The van der Waals surface area contributed by atoms with Gasteiger partial charge in [0.05, 0.1) is 0 Å². The summed E-state index contributed by atoms with van der Waals surface area (Å²) in [6.07, 6.45) is 1.53. The molecule has 0 unspecified atom stereocenters. The number of hydrogen-bond donors (Lipinski definition) is 0. The number of nitrogens with zero attached hydrogens (tertiary/aromatic N) is 3. The van der Waals surface area contributed by atoms with Gasteiger partial charge >= 0.3 is 0 Å². The van der Waals surface area contributed by atoms with Crippen molar-refractivity contribution in [1.82, 2.24) is 14.8 Å². The van der Waals surface area contributed by atoms with Crippen molar-refractivity contribution in [2.45, 2.75) is 18.9 Å². The van der Waals surface area contributed by atoms with Gasteiger partial charge < -0.3 is 4.74 Å². The number of rotatable bonds is 4. The molecule has 0 N–H and O–H groups in total. The Kier molecular flexibility index (Phi) is 4.40. The highest BCUT2D eigenvalue weighted by Crippen LogP contribution is 2.30. The van der Waals surface area contributed by atoms with Crippen molar-refractivity contribution in [1.29, 1.82) is 0 Å². The van der Waals surface area contributed by atoms with Gasteiger partial charge in [0.2, 0.25) is 0 Å². The van der Waals surface area contributed by atoms with Gasteiger partial charge in [-0.05, 0) is 24.6 Å². The Morgan fingerprint density at radius 3 is 2.78 bits per heavy atom. The molecule has 0 saturated heterocycles. The van der Waals surface area contributed by atoms with E-state index >= 15 is 0 Å².